The van der Waals surface area contributed by atoms with E-state index in [9.17, 15) is 4.79 Å². The molecular weight excluding hydrogens is 232 g/mol. The van der Waals surface area contributed by atoms with Crippen molar-refractivity contribution in [1.82, 2.24) is 10.2 Å². The zero-order chi connectivity index (χ0) is 13.8. The average molecular weight is 258 g/mol. The van der Waals surface area contributed by atoms with E-state index in [0.29, 0.717) is 6.04 Å². The molecule has 3 unspecified atom stereocenters. The lowest BCUT2D eigenvalue weighted by atomic mass is 9.92. The van der Waals surface area contributed by atoms with Crippen LogP contribution in [-0.4, -0.2) is 62.4 Å². The van der Waals surface area contributed by atoms with Gasteiger partial charge in [0.1, 0.15) is 5.54 Å². The van der Waals surface area contributed by atoms with Crippen LogP contribution in [0, 0.1) is 0 Å². The number of hydrogen-bond donors (Lipinski definition) is 1. The van der Waals surface area contributed by atoms with E-state index < -0.39 is 5.54 Å². The molecular formula is C13H26N2O3. The van der Waals surface area contributed by atoms with Gasteiger partial charge in [-0.25, -0.2) is 0 Å². The van der Waals surface area contributed by atoms with Crippen molar-refractivity contribution in [2.75, 3.05) is 33.9 Å². The summed E-state index contributed by atoms with van der Waals surface area (Å²) in [4.78, 5) is 14.2. The predicted octanol–water partition coefficient (Wildman–Crippen LogP) is 0.637. The van der Waals surface area contributed by atoms with Crippen LogP contribution in [0.5, 0.6) is 0 Å². The zero-order valence-corrected chi connectivity index (χ0v) is 12.2. The zero-order valence-electron chi connectivity index (χ0n) is 12.2. The summed E-state index contributed by atoms with van der Waals surface area (Å²) in [6, 6.07) is 0.313. The molecule has 0 aromatic heterocycles. The van der Waals surface area contributed by atoms with Gasteiger partial charge in [0.15, 0.2) is 0 Å². The number of hydrogen-bond acceptors (Lipinski definition) is 5. The van der Waals surface area contributed by atoms with Gasteiger partial charge < -0.3 is 14.8 Å². The van der Waals surface area contributed by atoms with Gasteiger partial charge in [-0.15, -0.1) is 0 Å². The van der Waals surface area contributed by atoms with Crippen molar-refractivity contribution < 1.29 is 14.3 Å². The third-order valence-corrected chi connectivity index (χ3v) is 3.79. The molecule has 1 N–H and O–H groups in total. The topological polar surface area (TPSA) is 50.8 Å². The van der Waals surface area contributed by atoms with Crippen LogP contribution in [0.2, 0.25) is 0 Å². The second-order valence-electron chi connectivity index (χ2n) is 5.30. The molecule has 106 valence electrons. The number of esters is 1. The SMILES string of the molecule is CNC(C)(CC(C)N1CCOC(C)C1)C(=O)OC. The van der Waals surface area contributed by atoms with Crippen LogP contribution in [0.1, 0.15) is 27.2 Å². The summed E-state index contributed by atoms with van der Waals surface area (Å²) in [5.74, 6) is -0.210. The van der Waals surface area contributed by atoms with Crippen LogP contribution in [0.3, 0.4) is 0 Å². The highest BCUT2D eigenvalue weighted by atomic mass is 16.5. The summed E-state index contributed by atoms with van der Waals surface area (Å²) >= 11 is 0. The van der Waals surface area contributed by atoms with Gasteiger partial charge in [-0.2, -0.15) is 0 Å². The lowest BCUT2D eigenvalue weighted by Crippen LogP contribution is -2.54. The monoisotopic (exact) mass is 258 g/mol. The molecule has 0 saturated carbocycles. The van der Waals surface area contributed by atoms with Gasteiger partial charge in [0.2, 0.25) is 0 Å². The van der Waals surface area contributed by atoms with E-state index in [1.807, 2.05) is 6.92 Å². The van der Waals surface area contributed by atoms with Crippen molar-refractivity contribution in [1.29, 1.82) is 0 Å². The first-order chi connectivity index (χ1) is 8.42. The number of methoxy groups -OCH3 is 1. The number of carbonyl (C=O) groups excluding carboxylic acids is 1. The summed E-state index contributed by atoms with van der Waals surface area (Å²) in [5.41, 5.74) is -0.629. The molecule has 0 bridgehead atoms. The van der Waals surface area contributed by atoms with E-state index in [-0.39, 0.29) is 12.1 Å². The van der Waals surface area contributed by atoms with Gasteiger partial charge in [0.05, 0.1) is 19.8 Å². The van der Waals surface area contributed by atoms with Crippen LogP contribution < -0.4 is 5.32 Å². The van der Waals surface area contributed by atoms with Crippen molar-refractivity contribution in [2.24, 2.45) is 0 Å². The van der Waals surface area contributed by atoms with Gasteiger partial charge in [0.25, 0.3) is 0 Å². The van der Waals surface area contributed by atoms with Crippen LogP contribution in [0.25, 0.3) is 0 Å². The molecule has 3 atom stereocenters. The third kappa shape index (κ3) is 3.67. The molecule has 5 nitrogen and oxygen atoms in total. The first-order valence-electron chi connectivity index (χ1n) is 6.56. The summed E-state index contributed by atoms with van der Waals surface area (Å²) < 4.78 is 10.4. The van der Waals surface area contributed by atoms with E-state index in [4.69, 9.17) is 9.47 Å². The number of nitrogens with one attached hydrogen (secondary N) is 1. The Morgan fingerprint density at radius 2 is 2.33 bits per heavy atom. The molecule has 1 fully saturated rings. The second kappa shape index (κ2) is 6.50. The number of likely N-dealkylation sites (N-methyl/N-ethyl adjacent to an activating group) is 1. The molecule has 0 aromatic carbocycles. The maximum atomic E-state index is 11.8. The molecule has 0 aliphatic carbocycles. The number of nitrogens with zero attached hydrogens (tertiary/aromatic N) is 1. The Morgan fingerprint density at radius 1 is 1.67 bits per heavy atom. The lowest BCUT2D eigenvalue weighted by Gasteiger charge is -2.39. The van der Waals surface area contributed by atoms with Crippen molar-refractivity contribution in [2.45, 2.75) is 44.9 Å². The smallest absolute Gasteiger partial charge is 0.325 e. The third-order valence-electron chi connectivity index (χ3n) is 3.79. The van der Waals surface area contributed by atoms with E-state index >= 15 is 0 Å². The van der Waals surface area contributed by atoms with Crippen molar-refractivity contribution in [3.05, 3.63) is 0 Å². The Kier molecular flexibility index (Phi) is 5.56. The minimum atomic E-state index is -0.629. The Morgan fingerprint density at radius 3 is 2.83 bits per heavy atom. The average Bonchev–Trinajstić information content (AvgIpc) is 2.37. The molecule has 0 radical (unpaired) electrons. The Labute approximate surface area is 110 Å². The maximum absolute atomic E-state index is 11.8. The molecule has 1 aliphatic heterocycles. The Hall–Kier alpha value is -0.650. The van der Waals surface area contributed by atoms with Gasteiger partial charge in [-0.05, 0) is 34.2 Å². The molecule has 5 heteroatoms. The van der Waals surface area contributed by atoms with Crippen molar-refractivity contribution in [3.63, 3.8) is 0 Å². The summed E-state index contributed by atoms with van der Waals surface area (Å²) in [7, 11) is 3.23. The highest BCUT2D eigenvalue weighted by Gasteiger charge is 2.36. The molecule has 1 aliphatic rings. The van der Waals surface area contributed by atoms with Crippen molar-refractivity contribution >= 4 is 5.97 Å². The first-order valence-corrected chi connectivity index (χ1v) is 6.56. The van der Waals surface area contributed by atoms with E-state index in [2.05, 4.69) is 24.1 Å². The quantitative estimate of drug-likeness (QED) is 0.733. The first kappa shape index (κ1) is 15.4. The number of ether oxygens (including phenoxy) is 2. The Bertz CT molecular complexity index is 285. The van der Waals surface area contributed by atoms with Crippen LogP contribution >= 0.6 is 0 Å². The largest absolute Gasteiger partial charge is 0.468 e. The number of morpholine rings is 1. The maximum Gasteiger partial charge on any atom is 0.325 e. The molecule has 0 spiro atoms. The van der Waals surface area contributed by atoms with Crippen molar-refractivity contribution in [3.8, 4) is 0 Å². The Balaban J connectivity index is 2.61. The molecule has 1 saturated heterocycles. The fourth-order valence-corrected chi connectivity index (χ4v) is 2.48. The number of carbonyl (C=O) groups is 1. The summed E-state index contributed by atoms with van der Waals surface area (Å²) in [6.07, 6.45) is 0.989. The van der Waals surface area contributed by atoms with E-state index in [1.165, 1.54) is 7.11 Å². The van der Waals surface area contributed by atoms with Gasteiger partial charge >= 0.3 is 5.97 Å². The van der Waals surface area contributed by atoms with Gasteiger partial charge in [-0.1, -0.05) is 0 Å². The standard InChI is InChI=1S/C13H26N2O3/c1-10(15-6-7-18-11(2)9-15)8-13(3,14-4)12(16)17-5/h10-11,14H,6-9H2,1-5H3. The normalized spacial score (nSPS) is 26.4. The van der Waals surface area contributed by atoms with E-state index in [1.54, 1.807) is 7.05 Å². The second-order valence-corrected chi connectivity index (χ2v) is 5.30. The van der Waals surface area contributed by atoms with Crippen LogP contribution in [0.4, 0.5) is 0 Å². The molecule has 0 amide bonds. The fraction of sp³-hybridized carbons (Fsp3) is 0.923. The number of rotatable bonds is 5. The van der Waals surface area contributed by atoms with E-state index in [0.717, 1.165) is 26.1 Å². The van der Waals surface area contributed by atoms with Crippen LogP contribution in [0.15, 0.2) is 0 Å². The summed E-state index contributed by atoms with van der Waals surface area (Å²) in [5, 5.41) is 3.08. The lowest BCUT2D eigenvalue weighted by molar-refractivity contribution is -0.148. The van der Waals surface area contributed by atoms with Gasteiger partial charge in [-0.3, -0.25) is 9.69 Å². The molecule has 1 heterocycles. The van der Waals surface area contributed by atoms with Crippen LogP contribution in [-0.2, 0) is 14.3 Å². The highest BCUT2D eigenvalue weighted by molar-refractivity contribution is 5.80. The fourth-order valence-electron chi connectivity index (χ4n) is 2.48. The minimum absolute atomic E-state index is 0.210. The molecule has 1 rings (SSSR count). The minimum Gasteiger partial charge on any atom is -0.468 e. The highest BCUT2D eigenvalue weighted by Crippen LogP contribution is 2.19. The predicted molar refractivity (Wildman–Crippen MR) is 70.5 cm³/mol. The summed E-state index contributed by atoms with van der Waals surface area (Å²) in [6.45, 7) is 8.72. The molecule has 18 heavy (non-hydrogen) atoms. The van der Waals surface area contributed by atoms with Gasteiger partial charge in [0, 0.05) is 19.1 Å². The molecule has 0 aromatic rings.